The third-order valence-corrected chi connectivity index (χ3v) is 4.98. The molecule has 0 spiro atoms. The Bertz CT molecular complexity index is 732. The number of benzene rings is 1. The maximum absolute atomic E-state index is 6.48. The van der Waals surface area contributed by atoms with Gasteiger partial charge < -0.3 is 9.47 Å². The van der Waals surface area contributed by atoms with Gasteiger partial charge in [0, 0.05) is 32.3 Å². The van der Waals surface area contributed by atoms with E-state index in [-0.39, 0.29) is 0 Å². The molecule has 1 aromatic carbocycles. The van der Waals surface area contributed by atoms with Crippen LogP contribution in [0.2, 0.25) is 5.02 Å². The number of aromatic nitrogens is 2. The summed E-state index contributed by atoms with van der Waals surface area (Å²) in [4.78, 5) is 2.46. The third-order valence-electron chi connectivity index (χ3n) is 4.69. The Hall–Kier alpha value is -1.72. The molecule has 1 fully saturated rings. The average molecular weight is 378 g/mol. The van der Waals surface area contributed by atoms with E-state index < -0.39 is 0 Å². The second-order valence-electron chi connectivity index (χ2n) is 6.85. The number of ether oxygens (including phenoxy) is 2. The van der Waals surface area contributed by atoms with Crippen molar-refractivity contribution in [3.05, 3.63) is 40.7 Å². The molecular weight excluding hydrogens is 350 g/mol. The fourth-order valence-electron chi connectivity index (χ4n) is 3.48. The van der Waals surface area contributed by atoms with Crippen molar-refractivity contribution in [2.45, 2.75) is 39.2 Å². The molecule has 0 saturated carbocycles. The van der Waals surface area contributed by atoms with Gasteiger partial charge in [-0.3, -0.25) is 9.58 Å². The van der Waals surface area contributed by atoms with Crippen molar-refractivity contribution in [1.82, 2.24) is 14.7 Å². The summed E-state index contributed by atoms with van der Waals surface area (Å²) in [5.41, 5.74) is 2.49. The molecule has 0 aliphatic carbocycles. The summed E-state index contributed by atoms with van der Waals surface area (Å²) in [6, 6.07) is 4.07. The maximum Gasteiger partial charge on any atom is 0.179 e. The SMILES string of the molecule is CCCOc1c(Cl)cc(CN2CCC(c3cnn(C)c3)C2)cc1OCC. The normalized spacial score (nSPS) is 17.6. The highest BCUT2D eigenvalue weighted by Crippen LogP contribution is 2.38. The van der Waals surface area contributed by atoms with Gasteiger partial charge in [0.15, 0.2) is 11.5 Å². The first-order chi connectivity index (χ1) is 12.6. The Labute approximate surface area is 160 Å². The topological polar surface area (TPSA) is 39.5 Å². The fourth-order valence-corrected chi connectivity index (χ4v) is 3.77. The minimum Gasteiger partial charge on any atom is -0.490 e. The molecule has 6 heteroatoms. The van der Waals surface area contributed by atoms with E-state index in [0.717, 1.165) is 43.8 Å². The summed E-state index contributed by atoms with van der Waals surface area (Å²) in [5.74, 6) is 1.96. The molecule has 0 N–H and O–H groups in total. The van der Waals surface area contributed by atoms with Crippen LogP contribution in [0.3, 0.4) is 0 Å². The van der Waals surface area contributed by atoms with E-state index in [0.29, 0.717) is 29.9 Å². The van der Waals surface area contributed by atoms with E-state index in [1.54, 1.807) is 0 Å². The van der Waals surface area contributed by atoms with Gasteiger partial charge in [-0.05, 0) is 49.6 Å². The van der Waals surface area contributed by atoms with E-state index in [2.05, 4.69) is 29.2 Å². The van der Waals surface area contributed by atoms with Crippen molar-refractivity contribution in [2.75, 3.05) is 26.3 Å². The molecule has 1 unspecified atom stereocenters. The largest absolute Gasteiger partial charge is 0.490 e. The van der Waals surface area contributed by atoms with Gasteiger partial charge in [0.2, 0.25) is 0 Å². The summed E-state index contributed by atoms with van der Waals surface area (Å²) in [6.45, 7) is 8.27. The predicted molar refractivity (Wildman–Crippen MR) is 104 cm³/mol. The lowest BCUT2D eigenvalue weighted by Gasteiger charge is -2.19. The van der Waals surface area contributed by atoms with Gasteiger partial charge in [-0.25, -0.2) is 0 Å². The van der Waals surface area contributed by atoms with Crippen molar-refractivity contribution in [2.24, 2.45) is 7.05 Å². The second-order valence-corrected chi connectivity index (χ2v) is 7.26. The lowest BCUT2D eigenvalue weighted by molar-refractivity contribution is 0.275. The fraction of sp³-hybridized carbons (Fsp3) is 0.550. The van der Waals surface area contributed by atoms with Crippen molar-refractivity contribution in [3.8, 4) is 11.5 Å². The molecule has 1 saturated heterocycles. The molecule has 142 valence electrons. The summed E-state index contributed by atoms with van der Waals surface area (Å²) in [7, 11) is 1.97. The zero-order valence-electron chi connectivity index (χ0n) is 15.9. The minimum absolute atomic E-state index is 0.553. The van der Waals surface area contributed by atoms with Crippen LogP contribution in [0.5, 0.6) is 11.5 Å². The number of nitrogens with zero attached hydrogens (tertiary/aromatic N) is 3. The zero-order chi connectivity index (χ0) is 18.5. The Morgan fingerprint density at radius 2 is 2.12 bits per heavy atom. The highest BCUT2D eigenvalue weighted by atomic mass is 35.5. The molecule has 0 amide bonds. The highest BCUT2D eigenvalue weighted by Gasteiger charge is 2.25. The molecule has 5 nitrogen and oxygen atoms in total. The number of halogens is 1. The molecule has 1 aliphatic rings. The van der Waals surface area contributed by atoms with Crippen LogP contribution in [0, 0.1) is 0 Å². The predicted octanol–water partition coefficient (Wildman–Crippen LogP) is 4.25. The Kier molecular flexibility index (Phi) is 6.43. The van der Waals surface area contributed by atoms with Crippen LogP contribution in [-0.4, -0.2) is 41.0 Å². The number of likely N-dealkylation sites (tertiary alicyclic amines) is 1. The van der Waals surface area contributed by atoms with Crippen LogP contribution >= 0.6 is 11.6 Å². The molecule has 0 radical (unpaired) electrons. The summed E-state index contributed by atoms with van der Waals surface area (Å²) in [5, 5.41) is 4.93. The molecule has 2 aromatic rings. The van der Waals surface area contributed by atoms with E-state index in [1.165, 1.54) is 5.56 Å². The molecule has 3 rings (SSSR count). The second kappa shape index (κ2) is 8.78. The molecule has 1 atom stereocenters. The first-order valence-electron chi connectivity index (χ1n) is 9.39. The van der Waals surface area contributed by atoms with Gasteiger partial charge in [0.05, 0.1) is 24.4 Å². The van der Waals surface area contributed by atoms with Crippen LogP contribution in [0.25, 0.3) is 0 Å². The van der Waals surface area contributed by atoms with E-state index in [9.17, 15) is 0 Å². The standard InChI is InChI=1S/C20H28ClN3O2/c1-4-8-26-20-18(21)9-15(10-19(20)25-5-2)12-24-7-6-16(14-24)17-11-22-23(3)13-17/h9-11,13,16H,4-8,12,14H2,1-3H3. The lowest BCUT2D eigenvalue weighted by Crippen LogP contribution is -2.19. The van der Waals surface area contributed by atoms with Crippen molar-refractivity contribution in [1.29, 1.82) is 0 Å². The quantitative estimate of drug-likeness (QED) is 0.689. The van der Waals surface area contributed by atoms with Gasteiger partial charge in [-0.2, -0.15) is 5.10 Å². The molecule has 1 aliphatic heterocycles. The molecular formula is C20H28ClN3O2. The van der Waals surface area contributed by atoms with Crippen LogP contribution in [0.1, 0.15) is 43.7 Å². The number of hydrogen-bond acceptors (Lipinski definition) is 4. The van der Waals surface area contributed by atoms with Crippen LogP contribution < -0.4 is 9.47 Å². The number of aryl methyl sites for hydroxylation is 1. The smallest absolute Gasteiger partial charge is 0.179 e. The van der Waals surface area contributed by atoms with Gasteiger partial charge in [0.1, 0.15) is 0 Å². The summed E-state index contributed by atoms with van der Waals surface area (Å²) < 4.78 is 13.4. The van der Waals surface area contributed by atoms with Crippen molar-refractivity contribution in [3.63, 3.8) is 0 Å². The monoisotopic (exact) mass is 377 g/mol. The highest BCUT2D eigenvalue weighted by molar-refractivity contribution is 6.32. The van der Waals surface area contributed by atoms with Crippen molar-refractivity contribution >= 4 is 11.6 Å². The van der Waals surface area contributed by atoms with Gasteiger partial charge in [-0.15, -0.1) is 0 Å². The average Bonchev–Trinajstić information content (AvgIpc) is 3.23. The van der Waals surface area contributed by atoms with Gasteiger partial charge >= 0.3 is 0 Å². The van der Waals surface area contributed by atoms with E-state index >= 15 is 0 Å². The lowest BCUT2D eigenvalue weighted by atomic mass is 10.0. The van der Waals surface area contributed by atoms with E-state index in [4.69, 9.17) is 21.1 Å². The molecule has 1 aromatic heterocycles. The Morgan fingerprint density at radius 3 is 2.81 bits per heavy atom. The van der Waals surface area contributed by atoms with E-state index in [1.807, 2.05) is 30.9 Å². The van der Waals surface area contributed by atoms with Gasteiger partial charge in [0.25, 0.3) is 0 Å². The molecule has 2 heterocycles. The Balaban J connectivity index is 1.69. The number of rotatable bonds is 8. The first-order valence-corrected chi connectivity index (χ1v) is 9.77. The van der Waals surface area contributed by atoms with Crippen LogP contribution in [0.15, 0.2) is 24.5 Å². The summed E-state index contributed by atoms with van der Waals surface area (Å²) >= 11 is 6.48. The Morgan fingerprint density at radius 1 is 1.27 bits per heavy atom. The number of hydrogen-bond donors (Lipinski definition) is 0. The zero-order valence-corrected chi connectivity index (χ0v) is 16.6. The summed E-state index contributed by atoms with van der Waals surface area (Å²) in [6.07, 6.45) is 6.21. The van der Waals surface area contributed by atoms with Gasteiger partial charge in [-0.1, -0.05) is 18.5 Å². The van der Waals surface area contributed by atoms with Crippen LogP contribution in [0.4, 0.5) is 0 Å². The van der Waals surface area contributed by atoms with Crippen molar-refractivity contribution < 1.29 is 9.47 Å². The van der Waals surface area contributed by atoms with Crippen LogP contribution in [-0.2, 0) is 13.6 Å². The minimum atomic E-state index is 0.553. The maximum atomic E-state index is 6.48. The molecule has 26 heavy (non-hydrogen) atoms. The third kappa shape index (κ3) is 4.51. The first kappa shape index (κ1) is 19.1. The molecule has 0 bridgehead atoms.